The standard InChI is InChI=1S/C22H34F2O3.2C20H34O3.C20H34O2.C19H31ClO2.C19H32O2/c1-4-13-22(27,14-5-2)15-12-17-8-6-9-18(16-17)19(25)10-7-11-20(26)21(3,23)24;1-5-8-18(21)16-9-10-19(23-4)17(15-16)11-14-20(22,12-6-2)13-7-3;1-5-8-19(21)17-13-16(14-18(15-17)23-4)9-12-20(22,10-6-2)11-7-3;1-5-8-19(21)18-10-9-16(4)17(15-18)11-14-20(22,12-6-2)13-7-3;1-4-7-18(21)16-14-15(8-9-17(16)20)10-13-19(22,11-5-2)12-6-3;1-4-11-19(21,12-5-2)13-10-16-8-7-9-17(14-16)15-18(20)6-3/h6,8-9,16,19,25,27H,4-5,7,10-15H2,1-3H3;9-10,15,18,21-22H,5-8,11-14H2,1-4H3;13-15,19,21-22H,5-12H2,1-4H3;9-10,15,19,21-22H,5-8,11-14H2,1-4H3;8-9,14,18,21-22H,4-7,10-13H2,1-3H3;7-9,14,18,20-21H,4-6,10-13,15H2,1-3H3/t19-;;;;;/m1...../s1. The van der Waals surface area contributed by atoms with Crippen molar-refractivity contribution in [2.45, 2.75) is 522 Å². The molecule has 0 heterocycles. The van der Waals surface area contributed by atoms with Crippen LogP contribution in [-0.4, -0.2) is 127 Å². The highest BCUT2D eigenvalue weighted by Gasteiger charge is 2.34. The first-order valence-electron chi connectivity index (χ1n) is 54.2. The molecule has 6 atom stereocenters. The van der Waals surface area contributed by atoms with Crippen LogP contribution in [0, 0.1) is 6.92 Å². The summed E-state index contributed by atoms with van der Waals surface area (Å²) in [6, 6.07) is 40.0. The summed E-state index contributed by atoms with van der Waals surface area (Å²) in [6.45, 7) is 38.4. The number of ether oxygens (including phenoxy) is 2. The Morgan fingerprint density at radius 2 is 0.667 bits per heavy atom. The summed E-state index contributed by atoms with van der Waals surface area (Å²) in [7, 11) is 3.32. The molecule has 0 aliphatic rings. The van der Waals surface area contributed by atoms with Gasteiger partial charge in [-0.2, -0.15) is 8.78 Å². The summed E-state index contributed by atoms with van der Waals surface area (Å²) in [6.07, 6.45) is 37.4. The van der Waals surface area contributed by atoms with Crippen LogP contribution in [0.3, 0.4) is 0 Å². The first-order valence-corrected chi connectivity index (χ1v) is 54.6. The first kappa shape index (κ1) is 130. The molecule has 0 radical (unpaired) electrons. The number of rotatable bonds is 65. The number of aliphatic hydroxyl groups excluding tert-OH is 6. The van der Waals surface area contributed by atoms with Crippen molar-refractivity contribution in [2.24, 2.45) is 0 Å². The van der Waals surface area contributed by atoms with Crippen LogP contribution in [0.2, 0.25) is 5.02 Å². The average Bonchev–Trinajstić information content (AvgIpc) is 0.841. The molecule has 18 heteroatoms. The van der Waals surface area contributed by atoms with Crippen LogP contribution in [0.25, 0.3) is 0 Å². The average molecular weight is 1960 g/mol. The van der Waals surface area contributed by atoms with Crippen LogP contribution < -0.4 is 9.47 Å². The minimum atomic E-state index is -3.31. The van der Waals surface area contributed by atoms with Gasteiger partial charge in [-0.25, -0.2) is 0 Å². The van der Waals surface area contributed by atoms with E-state index in [0.717, 1.165) is 351 Å². The molecule has 790 valence electrons. The summed E-state index contributed by atoms with van der Waals surface area (Å²) >= 11 is 6.21. The highest BCUT2D eigenvalue weighted by molar-refractivity contribution is 6.31. The molecule has 0 fully saturated rings. The SMILES string of the molecule is CCCC(O)(CCC)CCc1cccc(CC(O)CC)c1.CCCC(O)(CCC)CCc1cccc([C@H](O)CCCC(=O)C(C)(F)F)c1.CCCC(O)c1cc(CCC(O)(CCC)CCC)cc(OC)c1.CCCC(O)c1cc(CCC(O)(CCC)CCC)ccc1Cl.CCCC(O)c1ccc(C)c(CCC(O)(CCC)CCC)c1.CCCC(O)c1ccc(OC)c(CCC(O)(CCC)CCC)c1. The van der Waals surface area contributed by atoms with Gasteiger partial charge in [0.2, 0.25) is 5.78 Å². The largest absolute Gasteiger partial charge is 0.497 e. The Balaban J connectivity index is 0.000000829. The molecule has 0 spiro atoms. The molecule has 6 aromatic carbocycles. The number of benzene rings is 6. The fraction of sp³-hybridized carbons (Fsp3) is 0.692. The van der Waals surface area contributed by atoms with Gasteiger partial charge in [0.05, 0.1) is 84.4 Å². The predicted octanol–water partition coefficient (Wildman–Crippen LogP) is 29.8. The van der Waals surface area contributed by atoms with Crippen LogP contribution in [0.4, 0.5) is 8.78 Å². The van der Waals surface area contributed by atoms with Crippen LogP contribution >= 0.6 is 11.6 Å². The minimum absolute atomic E-state index is 0.223. The number of hydrogen-bond acceptors (Lipinski definition) is 15. The summed E-state index contributed by atoms with van der Waals surface area (Å²) in [5.74, 6) is -2.77. The summed E-state index contributed by atoms with van der Waals surface area (Å²) < 4.78 is 36.6. The number of halogens is 3. The Labute approximate surface area is 843 Å². The molecule has 0 aliphatic heterocycles. The number of methoxy groups -OCH3 is 2. The number of hydrogen-bond donors (Lipinski definition) is 12. The maximum absolute atomic E-state index is 12.9. The molecule has 6 rings (SSSR count). The molecular weight excluding hydrogens is 1750 g/mol. The first-order chi connectivity index (χ1) is 65.5. The van der Waals surface area contributed by atoms with Gasteiger partial charge in [0.1, 0.15) is 11.5 Å². The molecule has 0 saturated heterocycles. The molecule has 0 saturated carbocycles. The van der Waals surface area contributed by atoms with E-state index in [-0.39, 0.29) is 31.5 Å². The van der Waals surface area contributed by atoms with Crippen molar-refractivity contribution in [3.8, 4) is 11.5 Å². The van der Waals surface area contributed by atoms with Crippen LogP contribution in [0.15, 0.2) is 121 Å². The van der Waals surface area contributed by atoms with E-state index in [1.807, 2.05) is 79.7 Å². The minimum Gasteiger partial charge on any atom is -0.497 e. The Kier molecular flexibility index (Phi) is 67.7. The van der Waals surface area contributed by atoms with Gasteiger partial charge in [-0.05, 0) is 315 Å². The molecule has 0 amide bonds. The van der Waals surface area contributed by atoms with E-state index < -0.39 is 69.7 Å². The zero-order valence-electron chi connectivity index (χ0n) is 90.4. The number of ketones is 1. The smallest absolute Gasteiger partial charge is 0.302 e. The van der Waals surface area contributed by atoms with Gasteiger partial charge in [0.15, 0.2) is 0 Å². The fourth-order valence-corrected chi connectivity index (χ4v) is 19.7. The molecule has 5 unspecified atom stereocenters. The molecule has 6 aromatic rings. The predicted molar refractivity (Wildman–Crippen MR) is 574 cm³/mol. The zero-order chi connectivity index (χ0) is 104. The van der Waals surface area contributed by atoms with E-state index in [2.05, 4.69) is 160 Å². The second-order valence-corrected chi connectivity index (χ2v) is 40.7. The topological polar surface area (TPSA) is 278 Å². The molecule has 0 aliphatic carbocycles. The highest BCUT2D eigenvalue weighted by Crippen LogP contribution is 2.38. The lowest BCUT2D eigenvalue weighted by Gasteiger charge is -2.28. The highest BCUT2D eigenvalue weighted by atomic mass is 35.5. The van der Waals surface area contributed by atoms with Crippen molar-refractivity contribution in [3.05, 3.63) is 199 Å². The molecule has 12 N–H and O–H groups in total. The number of Topliss-reactive ketones (excluding diaryl/α,β-unsaturated/α-hetero) is 1. The number of carbonyl (C=O) groups is 1. The lowest BCUT2D eigenvalue weighted by atomic mass is 9.85. The Hall–Kier alpha value is -5.74. The van der Waals surface area contributed by atoms with Crippen molar-refractivity contribution in [1.82, 2.24) is 0 Å². The molecule has 15 nitrogen and oxygen atoms in total. The quantitative estimate of drug-likeness (QED) is 0.0169. The zero-order valence-corrected chi connectivity index (χ0v) is 91.1. The van der Waals surface area contributed by atoms with Gasteiger partial charge < -0.3 is 70.8 Å². The van der Waals surface area contributed by atoms with Gasteiger partial charge in [-0.15, -0.1) is 0 Å². The van der Waals surface area contributed by atoms with E-state index in [1.54, 1.807) is 20.3 Å². The summed E-state index contributed by atoms with van der Waals surface area (Å²) in [5, 5.41) is 126. The normalized spacial score (nSPS) is 13.3. The van der Waals surface area contributed by atoms with Gasteiger partial charge in [-0.1, -0.05) is 323 Å². The maximum Gasteiger partial charge on any atom is 0.302 e. The maximum atomic E-state index is 12.9. The van der Waals surface area contributed by atoms with E-state index in [9.17, 15) is 74.9 Å². The van der Waals surface area contributed by atoms with Gasteiger partial charge in [0, 0.05) is 18.4 Å². The third kappa shape index (κ3) is 52.7. The van der Waals surface area contributed by atoms with Crippen molar-refractivity contribution in [3.63, 3.8) is 0 Å². The second-order valence-electron chi connectivity index (χ2n) is 40.3. The molecule has 0 aromatic heterocycles. The molecule has 0 bridgehead atoms. The lowest BCUT2D eigenvalue weighted by molar-refractivity contribution is -0.140. The van der Waals surface area contributed by atoms with E-state index in [0.29, 0.717) is 18.4 Å². The van der Waals surface area contributed by atoms with E-state index >= 15 is 0 Å². The van der Waals surface area contributed by atoms with Gasteiger partial charge in [-0.3, -0.25) is 4.79 Å². The molecular formula is C120H199ClF2O15. The van der Waals surface area contributed by atoms with Crippen LogP contribution in [-0.2, 0) is 49.7 Å². The number of alkyl halides is 2. The van der Waals surface area contributed by atoms with E-state index in [4.69, 9.17) is 21.1 Å². The van der Waals surface area contributed by atoms with Crippen molar-refractivity contribution < 1.29 is 84.3 Å². The second kappa shape index (κ2) is 71.7. The number of aryl methyl sites for hydroxylation is 7. The van der Waals surface area contributed by atoms with E-state index in [1.165, 1.54) is 22.3 Å². The Bertz CT molecular complexity index is 4090. The van der Waals surface area contributed by atoms with Crippen molar-refractivity contribution in [2.75, 3.05) is 14.2 Å². The van der Waals surface area contributed by atoms with Gasteiger partial charge >= 0.3 is 5.92 Å². The summed E-state index contributed by atoms with van der Waals surface area (Å²) in [5.41, 5.74) is 10.3. The monoisotopic (exact) mass is 1950 g/mol. The lowest BCUT2D eigenvalue weighted by Crippen LogP contribution is -2.29. The Morgan fingerprint density at radius 1 is 0.333 bits per heavy atom. The van der Waals surface area contributed by atoms with Crippen LogP contribution in [0.1, 0.15) is 497 Å². The number of aliphatic hydroxyl groups is 12. The van der Waals surface area contributed by atoms with Crippen molar-refractivity contribution in [1.29, 1.82) is 0 Å². The third-order valence-electron chi connectivity index (χ3n) is 27.2. The van der Waals surface area contributed by atoms with Gasteiger partial charge in [0.25, 0.3) is 0 Å². The Morgan fingerprint density at radius 3 is 1.06 bits per heavy atom. The van der Waals surface area contributed by atoms with Crippen LogP contribution in [0.5, 0.6) is 11.5 Å². The number of carbonyl (C=O) groups excluding carboxylic acids is 1. The van der Waals surface area contributed by atoms with Crippen molar-refractivity contribution >= 4 is 17.4 Å². The third-order valence-corrected chi connectivity index (χ3v) is 27.5. The summed E-state index contributed by atoms with van der Waals surface area (Å²) in [4.78, 5) is 11.3. The fourth-order valence-electron chi connectivity index (χ4n) is 19.5. The molecule has 138 heavy (non-hydrogen) atoms.